The molecule has 0 radical (unpaired) electrons. The summed E-state index contributed by atoms with van der Waals surface area (Å²) in [5.41, 5.74) is 0.522. The molecule has 1 aromatic heterocycles. The Morgan fingerprint density at radius 2 is 1.88 bits per heavy atom. The Balaban J connectivity index is 1.40. The number of nitrogens with zero attached hydrogens (tertiary/aromatic N) is 4. The van der Waals surface area contributed by atoms with Crippen LogP contribution < -0.4 is 10.1 Å². The zero-order valence-electron chi connectivity index (χ0n) is 18.8. The fourth-order valence-electron chi connectivity index (χ4n) is 5.14. The molecule has 182 valence electrons. The van der Waals surface area contributed by atoms with E-state index in [0.29, 0.717) is 19.3 Å². The van der Waals surface area contributed by atoms with Crippen molar-refractivity contribution in [3.8, 4) is 5.75 Å². The molecular formula is C23H29N5O5S. The van der Waals surface area contributed by atoms with Crippen molar-refractivity contribution in [1.29, 1.82) is 0 Å². The second-order valence-electron chi connectivity index (χ2n) is 9.32. The van der Waals surface area contributed by atoms with E-state index in [-0.39, 0.29) is 36.1 Å². The van der Waals surface area contributed by atoms with Gasteiger partial charge < -0.3 is 15.2 Å². The van der Waals surface area contributed by atoms with Crippen LogP contribution in [0.5, 0.6) is 5.75 Å². The molecule has 0 bridgehead atoms. The third-order valence-electron chi connectivity index (χ3n) is 7.03. The quantitative estimate of drug-likeness (QED) is 0.629. The van der Waals surface area contributed by atoms with Crippen molar-refractivity contribution in [2.24, 2.45) is 0 Å². The third kappa shape index (κ3) is 4.52. The maximum atomic E-state index is 13.4. The molecule has 2 aromatic rings. The van der Waals surface area contributed by atoms with E-state index in [1.54, 1.807) is 30.6 Å². The summed E-state index contributed by atoms with van der Waals surface area (Å²) in [7, 11) is -4.02. The van der Waals surface area contributed by atoms with E-state index in [9.17, 15) is 18.3 Å². The van der Waals surface area contributed by atoms with Gasteiger partial charge in [0.15, 0.2) is 0 Å². The standard InChI is InChI=1S/C23H29N5O5S/c29-18-11-19-22(30)26-23(5-8-27(9-6-23)14-17-12-24-16-25-13-17)7-10-33-20-3-1-2-4-21(20)34(31,32)28(19)15-18/h1-4,12-13,16,18-19,29H,5-11,14-15H2,(H,26,30)/t18-,19+/m1/s1. The molecule has 2 atom stereocenters. The maximum Gasteiger partial charge on any atom is 0.247 e. The Kier molecular flexibility index (Phi) is 6.28. The highest BCUT2D eigenvalue weighted by Crippen LogP contribution is 2.35. The van der Waals surface area contributed by atoms with Gasteiger partial charge in [0, 0.05) is 62.5 Å². The summed E-state index contributed by atoms with van der Waals surface area (Å²) in [5, 5.41) is 13.5. The summed E-state index contributed by atoms with van der Waals surface area (Å²) in [6.45, 7) is 2.43. The number of nitrogens with one attached hydrogen (secondary N) is 1. The minimum atomic E-state index is -4.02. The summed E-state index contributed by atoms with van der Waals surface area (Å²) < 4.78 is 34.0. The fraction of sp³-hybridized carbons (Fsp3) is 0.522. The van der Waals surface area contributed by atoms with Crippen molar-refractivity contribution in [1.82, 2.24) is 24.5 Å². The lowest BCUT2D eigenvalue weighted by Crippen LogP contribution is -2.59. The molecule has 10 nitrogen and oxygen atoms in total. The molecule has 2 saturated heterocycles. The molecule has 2 fully saturated rings. The zero-order valence-corrected chi connectivity index (χ0v) is 19.7. The molecule has 1 aromatic carbocycles. The number of aliphatic hydroxyl groups is 1. The summed E-state index contributed by atoms with van der Waals surface area (Å²) in [6.07, 6.45) is 6.27. The normalized spacial score (nSPS) is 27.1. The number of aromatic nitrogens is 2. The molecule has 5 rings (SSSR count). The van der Waals surface area contributed by atoms with Crippen LogP contribution in [-0.4, -0.2) is 82.5 Å². The number of benzene rings is 1. The van der Waals surface area contributed by atoms with Crippen LogP contribution in [0.2, 0.25) is 0 Å². The molecule has 2 N–H and O–H groups in total. The second kappa shape index (κ2) is 9.21. The molecular weight excluding hydrogens is 458 g/mol. The van der Waals surface area contributed by atoms with Crippen LogP contribution >= 0.6 is 0 Å². The highest BCUT2D eigenvalue weighted by molar-refractivity contribution is 7.89. The van der Waals surface area contributed by atoms with Gasteiger partial charge in [-0.15, -0.1) is 0 Å². The van der Waals surface area contributed by atoms with Gasteiger partial charge >= 0.3 is 0 Å². The minimum absolute atomic E-state index is 0.0257. The van der Waals surface area contributed by atoms with Crippen molar-refractivity contribution in [2.45, 2.75) is 54.8 Å². The van der Waals surface area contributed by atoms with Crippen LogP contribution in [0.15, 0.2) is 47.9 Å². The number of rotatable bonds is 2. The van der Waals surface area contributed by atoms with Crippen LogP contribution in [0.25, 0.3) is 0 Å². The molecule has 3 aliphatic heterocycles. The molecule has 3 aliphatic rings. The van der Waals surface area contributed by atoms with E-state index < -0.39 is 27.7 Å². The van der Waals surface area contributed by atoms with Crippen LogP contribution in [-0.2, 0) is 21.4 Å². The Morgan fingerprint density at radius 3 is 2.65 bits per heavy atom. The summed E-state index contributed by atoms with van der Waals surface area (Å²) in [5.74, 6) is -0.0851. The first-order valence-corrected chi connectivity index (χ1v) is 13.0. The number of hydrogen-bond donors (Lipinski definition) is 2. The number of hydrogen-bond acceptors (Lipinski definition) is 8. The van der Waals surface area contributed by atoms with Crippen molar-refractivity contribution in [2.75, 3.05) is 26.2 Å². The van der Waals surface area contributed by atoms with E-state index in [1.807, 2.05) is 0 Å². The second-order valence-corrected chi connectivity index (χ2v) is 11.2. The van der Waals surface area contributed by atoms with E-state index in [2.05, 4.69) is 20.2 Å². The topological polar surface area (TPSA) is 125 Å². The van der Waals surface area contributed by atoms with Gasteiger partial charge in [-0.25, -0.2) is 18.4 Å². The van der Waals surface area contributed by atoms with Crippen LogP contribution in [0, 0.1) is 0 Å². The van der Waals surface area contributed by atoms with Crippen molar-refractivity contribution < 1.29 is 23.1 Å². The molecule has 1 amide bonds. The summed E-state index contributed by atoms with van der Waals surface area (Å²) >= 11 is 0. The molecule has 34 heavy (non-hydrogen) atoms. The van der Waals surface area contributed by atoms with Gasteiger partial charge in [0.25, 0.3) is 0 Å². The average molecular weight is 488 g/mol. The van der Waals surface area contributed by atoms with Gasteiger partial charge in [-0.05, 0) is 25.0 Å². The number of likely N-dealkylation sites (tertiary alicyclic amines) is 1. The van der Waals surface area contributed by atoms with Crippen LogP contribution in [0.4, 0.5) is 0 Å². The third-order valence-corrected chi connectivity index (χ3v) is 8.95. The van der Waals surface area contributed by atoms with E-state index >= 15 is 0 Å². The lowest BCUT2D eigenvalue weighted by Gasteiger charge is -2.43. The van der Waals surface area contributed by atoms with Crippen molar-refractivity contribution in [3.63, 3.8) is 0 Å². The minimum Gasteiger partial charge on any atom is -0.492 e. The maximum absolute atomic E-state index is 13.4. The summed E-state index contributed by atoms with van der Waals surface area (Å²) in [4.78, 5) is 23.9. The number of amides is 1. The van der Waals surface area contributed by atoms with E-state index in [0.717, 1.165) is 29.5 Å². The molecule has 11 heteroatoms. The van der Waals surface area contributed by atoms with E-state index in [1.165, 1.54) is 12.4 Å². The highest BCUT2D eigenvalue weighted by atomic mass is 32.2. The van der Waals surface area contributed by atoms with Gasteiger partial charge in [-0.2, -0.15) is 4.31 Å². The number of para-hydroxylation sites is 1. The average Bonchev–Trinajstić information content (AvgIpc) is 3.24. The number of piperidine rings is 1. The van der Waals surface area contributed by atoms with Gasteiger partial charge in [0.1, 0.15) is 23.0 Å². The van der Waals surface area contributed by atoms with Gasteiger partial charge in [-0.1, -0.05) is 12.1 Å². The first kappa shape index (κ1) is 23.2. The fourth-order valence-corrected chi connectivity index (χ4v) is 6.91. The largest absolute Gasteiger partial charge is 0.492 e. The SMILES string of the molecule is O=C1NC2(CCOc3ccccc3S(=O)(=O)N3C[C@H](O)C[C@@H]13)CCN(Cc1cncnc1)CC2. The van der Waals surface area contributed by atoms with Crippen molar-refractivity contribution in [3.05, 3.63) is 48.5 Å². The lowest BCUT2D eigenvalue weighted by atomic mass is 9.84. The Morgan fingerprint density at radius 1 is 1.15 bits per heavy atom. The number of sulfonamides is 1. The number of carbonyl (C=O) groups is 1. The predicted molar refractivity (Wildman–Crippen MR) is 122 cm³/mol. The smallest absolute Gasteiger partial charge is 0.247 e. The molecule has 1 spiro atoms. The van der Waals surface area contributed by atoms with E-state index in [4.69, 9.17) is 4.74 Å². The highest BCUT2D eigenvalue weighted by Gasteiger charge is 2.47. The molecule has 0 unspecified atom stereocenters. The van der Waals surface area contributed by atoms with Gasteiger partial charge in [-0.3, -0.25) is 9.69 Å². The summed E-state index contributed by atoms with van der Waals surface area (Å²) in [6, 6.07) is 5.54. The van der Waals surface area contributed by atoms with Crippen LogP contribution in [0.1, 0.15) is 31.2 Å². The van der Waals surface area contributed by atoms with Crippen LogP contribution in [0.3, 0.4) is 0 Å². The number of carbonyl (C=O) groups excluding carboxylic acids is 1. The first-order chi connectivity index (χ1) is 16.4. The number of fused-ring (bicyclic) bond motifs is 2. The first-order valence-electron chi connectivity index (χ1n) is 11.6. The Hall–Kier alpha value is -2.60. The van der Waals surface area contributed by atoms with Crippen molar-refractivity contribution >= 4 is 15.9 Å². The molecule has 0 saturated carbocycles. The molecule has 4 heterocycles. The Labute approximate surface area is 199 Å². The van der Waals surface area contributed by atoms with Gasteiger partial charge in [0.2, 0.25) is 15.9 Å². The number of aliphatic hydroxyl groups excluding tert-OH is 1. The number of ether oxygens (including phenoxy) is 1. The predicted octanol–water partition coefficient (Wildman–Crippen LogP) is 0.534. The monoisotopic (exact) mass is 487 g/mol. The lowest BCUT2D eigenvalue weighted by molar-refractivity contribution is -0.127. The Bertz CT molecular complexity index is 1140. The van der Waals surface area contributed by atoms with Gasteiger partial charge in [0.05, 0.1) is 12.7 Å². The molecule has 0 aliphatic carbocycles. The zero-order chi connectivity index (χ0) is 23.8.